The van der Waals surface area contributed by atoms with Crippen LogP contribution in [0.2, 0.25) is 0 Å². The van der Waals surface area contributed by atoms with Crippen LogP contribution < -0.4 is 0 Å². The van der Waals surface area contributed by atoms with Crippen molar-refractivity contribution in [3.8, 4) is 0 Å². The van der Waals surface area contributed by atoms with Gasteiger partial charge in [0.1, 0.15) is 6.61 Å². The van der Waals surface area contributed by atoms with Crippen LogP contribution in [-0.2, 0) is 16.4 Å². The maximum atomic E-state index is 11.5. The van der Waals surface area contributed by atoms with E-state index in [0.29, 0.717) is 5.56 Å². The van der Waals surface area contributed by atoms with Gasteiger partial charge >= 0.3 is 5.97 Å². The Bertz CT molecular complexity index is 465. The summed E-state index contributed by atoms with van der Waals surface area (Å²) >= 11 is 0. The van der Waals surface area contributed by atoms with E-state index in [-0.39, 0.29) is 6.61 Å². The average Bonchev–Trinajstić information content (AvgIpc) is 2.41. The van der Waals surface area contributed by atoms with Crippen molar-refractivity contribution in [1.82, 2.24) is 0 Å². The highest BCUT2D eigenvalue weighted by molar-refractivity contribution is 5.88. The van der Waals surface area contributed by atoms with E-state index in [1.54, 1.807) is 24.3 Å². The van der Waals surface area contributed by atoms with E-state index in [1.165, 1.54) is 0 Å². The Hall–Kier alpha value is -2.13. The second-order valence-electron chi connectivity index (χ2n) is 3.48. The summed E-state index contributed by atoms with van der Waals surface area (Å²) in [6, 6.07) is 18.2. The fourth-order valence-electron chi connectivity index (χ4n) is 1.35. The van der Waals surface area contributed by atoms with E-state index in [0.717, 1.165) is 5.56 Å². The molecule has 3 heteroatoms. The number of hydrogen-bond acceptors (Lipinski definition) is 3. The lowest BCUT2D eigenvalue weighted by Crippen LogP contribution is -2.05. The molecule has 0 bridgehead atoms. The van der Waals surface area contributed by atoms with Crippen molar-refractivity contribution < 1.29 is 14.6 Å². The molecule has 0 saturated heterocycles. The fourth-order valence-corrected chi connectivity index (χ4v) is 1.35. The van der Waals surface area contributed by atoms with Gasteiger partial charge in [0.05, 0.1) is 5.56 Å². The summed E-state index contributed by atoms with van der Waals surface area (Å²) in [6.07, 6.45) is 0. The van der Waals surface area contributed by atoms with Gasteiger partial charge in [0.2, 0.25) is 0 Å². The van der Waals surface area contributed by atoms with Gasteiger partial charge < -0.3 is 0 Å². The lowest BCUT2D eigenvalue weighted by Gasteiger charge is -2.03. The molecule has 3 nitrogen and oxygen atoms in total. The van der Waals surface area contributed by atoms with E-state index >= 15 is 0 Å². The van der Waals surface area contributed by atoms with E-state index in [4.69, 9.17) is 9.78 Å². The van der Waals surface area contributed by atoms with Crippen LogP contribution in [0.25, 0.3) is 0 Å². The Labute approximate surface area is 99.5 Å². The summed E-state index contributed by atoms with van der Waals surface area (Å²) in [6.45, 7) is 0.249. The zero-order valence-corrected chi connectivity index (χ0v) is 9.21. The van der Waals surface area contributed by atoms with Gasteiger partial charge in [-0.05, 0) is 17.7 Å². The lowest BCUT2D eigenvalue weighted by atomic mass is 10.2. The molecule has 0 heterocycles. The summed E-state index contributed by atoms with van der Waals surface area (Å²) in [5, 5.41) is 0. The average molecular weight is 228 g/mol. The molecule has 17 heavy (non-hydrogen) atoms. The Kier molecular flexibility index (Phi) is 3.89. The fraction of sp³-hybridized carbons (Fsp3) is 0.0714. The van der Waals surface area contributed by atoms with Gasteiger partial charge in [0.15, 0.2) is 0 Å². The van der Waals surface area contributed by atoms with Crippen LogP contribution in [0, 0.1) is 0 Å². The van der Waals surface area contributed by atoms with Crippen molar-refractivity contribution in [2.24, 2.45) is 0 Å². The predicted octanol–water partition coefficient (Wildman–Crippen LogP) is 2.98. The molecule has 2 aromatic rings. The van der Waals surface area contributed by atoms with Crippen LogP contribution in [0.5, 0.6) is 0 Å². The second-order valence-corrected chi connectivity index (χ2v) is 3.48. The molecular formula is C14H12O3. The van der Waals surface area contributed by atoms with E-state index in [9.17, 15) is 4.79 Å². The molecule has 2 aromatic carbocycles. The smallest absolute Gasteiger partial charge is 0.292 e. The molecule has 0 unspecified atom stereocenters. The third-order valence-electron chi connectivity index (χ3n) is 2.21. The predicted molar refractivity (Wildman–Crippen MR) is 63.1 cm³/mol. The van der Waals surface area contributed by atoms with Crippen LogP contribution in [-0.4, -0.2) is 5.97 Å². The molecule has 0 amide bonds. The molecule has 2 rings (SSSR count). The van der Waals surface area contributed by atoms with E-state index in [2.05, 4.69) is 0 Å². The zero-order chi connectivity index (χ0) is 11.9. The summed E-state index contributed by atoms with van der Waals surface area (Å²) < 4.78 is 0. The van der Waals surface area contributed by atoms with E-state index in [1.807, 2.05) is 36.4 Å². The molecule has 0 saturated carbocycles. The molecule has 0 aliphatic carbocycles. The van der Waals surface area contributed by atoms with Crippen molar-refractivity contribution in [3.05, 3.63) is 71.8 Å². The number of carbonyl (C=O) groups excluding carboxylic acids is 1. The van der Waals surface area contributed by atoms with Crippen LogP contribution in [0.15, 0.2) is 60.7 Å². The Balaban J connectivity index is 1.82. The van der Waals surface area contributed by atoms with Gasteiger partial charge in [-0.1, -0.05) is 48.5 Å². The van der Waals surface area contributed by atoms with Crippen molar-refractivity contribution >= 4 is 5.97 Å². The van der Waals surface area contributed by atoms with Gasteiger partial charge in [-0.2, -0.15) is 4.89 Å². The first-order valence-electron chi connectivity index (χ1n) is 5.29. The summed E-state index contributed by atoms with van der Waals surface area (Å²) in [5.41, 5.74) is 1.42. The third kappa shape index (κ3) is 3.43. The maximum absolute atomic E-state index is 11.5. The molecule has 0 N–H and O–H groups in total. The number of benzene rings is 2. The Morgan fingerprint density at radius 3 is 2.12 bits per heavy atom. The minimum Gasteiger partial charge on any atom is -0.292 e. The van der Waals surface area contributed by atoms with Gasteiger partial charge in [-0.15, -0.1) is 0 Å². The highest BCUT2D eigenvalue weighted by Gasteiger charge is 2.06. The van der Waals surface area contributed by atoms with Gasteiger partial charge in [0, 0.05) is 0 Å². The molecule has 0 radical (unpaired) electrons. The molecule has 0 spiro atoms. The third-order valence-corrected chi connectivity index (χ3v) is 2.21. The zero-order valence-electron chi connectivity index (χ0n) is 9.21. The first-order valence-corrected chi connectivity index (χ1v) is 5.29. The molecule has 0 atom stereocenters. The monoisotopic (exact) mass is 228 g/mol. The highest BCUT2D eigenvalue weighted by atomic mass is 17.2. The van der Waals surface area contributed by atoms with Crippen molar-refractivity contribution in [1.29, 1.82) is 0 Å². The van der Waals surface area contributed by atoms with Crippen LogP contribution in [0.1, 0.15) is 15.9 Å². The van der Waals surface area contributed by atoms with Crippen LogP contribution in [0.4, 0.5) is 0 Å². The molecule has 0 aliphatic heterocycles. The number of rotatable bonds is 4. The van der Waals surface area contributed by atoms with Gasteiger partial charge in [0.25, 0.3) is 0 Å². The van der Waals surface area contributed by atoms with Gasteiger partial charge in [-0.3, -0.25) is 4.89 Å². The largest absolute Gasteiger partial charge is 0.373 e. The SMILES string of the molecule is O=C(OOCc1ccccc1)c1ccccc1. The van der Waals surface area contributed by atoms with Crippen LogP contribution in [0.3, 0.4) is 0 Å². The first-order chi connectivity index (χ1) is 8.36. The molecule has 0 aliphatic rings. The Morgan fingerprint density at radius 2 is 1.47 bits per heavy atom. The Morgan fingerprint density at radius 1 is 0.882 bits per heavy atom. The molecule has 0 aromatic heterocycles. The van der Waals surface area contributed by atoms with Crippen molar-refractivity contribution in [2.75, 3.05) is 0 Å². The minimum absolute atomic E-state index is 0.249. The van der Waals surface area contributed by atoms with Gasteiger partial charge in [-0.25, -0.2) is 4.79 Å². The number of carbonyl (C=O) groups is 1. The first kappa shape index (κ1) is 11.4. The number of hydrogen-bond donors (Lipinski definition) is 0. The van der Waals surface area contributed by atoms with Crippen molar-refractivity contribution in [3.63, 3.8) is 0 Å². The molecule has 86 valence electrons. The topological polar surface area (TPSA) is 35.5 Å². The standard InChI is InChI=1S/C14H12O3/c15-14(13-9-5-2-6-10-13)17-16-11-12-7-3-1-4-8-12/h1-10H,11H2. The normalized spacial score (nSPS) is 9.88. The van der Waals surface area contributed by atoms with E-state index < -0.39 is 5.97 Å². The highest BCUT2D eigenvalue weighted by Crippen LogP contribution is 2.04. The summed E-state index contributed by atoms with van der Waals surface area (Å²) in [7, 11) is 0. The van der Waals surface area contributed by atoms with Crippen LogP contribution >= 0.6 is 0 Å². The second kappa shape index (κ2) is 5.82. The molecular weight excluding hydrogens is 216 g/mol. The summed E-state index contributed by atoms with van der Waals surface area (Å²) in [5.74, 6) is -0.485. The summed E-state index contributed by atoms with van der Waals surface area (Å²) in [4.78, 5) is 21.1. The van der Waals surface area contributed by atoms with Crippen molar-refractivity contribution in [2.45, 2.75) is 6.61 Å². The maximum Gasteiger partial charge on any atom is 0.373 e. The lowest BCUT2D eigenvalue weighted by molar-refractivity contribution is -0.250. The molecule has 0 fully saturated rings. The minimum atomic E-state index is -0.485. The quantitative estimate of drug-likeness (QED) is 0.596.